The Hall–Kier alpha value is -1.33. The molecule has 1 atom stereocenters. The van der Waals surface area contributed by atoms with Crippen molar-refractivity contribution in [2.24, 2.45) is 0 Å². The van der Waals surface area contributed by atoms with Crippen LogP contribution in [0.4, 0.5) is 5.69 Å². The number of anilines is 1. The van der Waals surface area contributed by atoms with E-state index >= 15 is 0 Å². The van der Waals surface area contributed by atoms with E-state index in [1.54, 1.807) is 49.4 Å². The van der Waals surface area contributed by atoms with Gasteiger partial charge in [0.15, 0.2) is 5.78 Å². The second-order valence-electron chi connectivity index (χ2n) is 4.94. The fraction of sp³-hybridized carbons (Fsp3) is 0.176. The van der Waals surface area contributed by atoms with Gasteiger partial charge in [-0.1, -0.05) is 30.7 Å². The van der Waals surface area contributed by atoms with Crippen LogP contribution in [0.25, 0.3) is 0 Å². The van der Waals surface area contributed by atoms with Gasteiger partial charge in [-0.15, -0.1) is 0 Å². The number of carboxylic acid groups (broad SMARTS) is 1. The number of halogens is 1. The summed E-state index contributed by atoms with van der Waals surface area (Å²) < 4.78 is 0. The number of carbonyl (C=O) groups is 2. The van der Waals surface area contributed by atoms with Gasteiger partial charge in [0.05, 0.1) is 5.92 Å². The number of carboxylic acids is 1. The summed E-state index contributed by atoms with van der Waals surface area (Å²) in [5.41, 5.74) is 7.50. The van der Waals surface area contributed by atoms with E-state index in [4.69, 9.17) is 17.3 Å². The van der Waals surface area contributed by atoms with Crippen LogP contribution in [-0.2, 0) is 4.79 Å². The van der Waals surface area contributed by atoms with Crippen molar-refractivity contribution in [3.05, 3.63) is 64.2 Å². The predicted octanol–water partition coefficient (Wildman–Crippen LogP) is 3.08. The maximum atomic E-state index is 12.5. The molecule has 0 aliphatic heterocycles. The normalized spacial score (nSPS) is 11.4. The predicted molar refractivity (Wildman–Crippen MR) is 93.6 cm³/mol. The van der Waals surface area contributed by atoms with Gasteiger partial charge >= 0.3 is 35.5 Å². The van der Waals surface area contributed by atoms with Crippen molar-refractivity contribution in [3.63, 3.8) is 0 Å². The van der Waals surface area contributed by atoms with Gasteiger partial charge in [0.25, 0.3) is 0 Å². The van der Waals surface area contributed by atoms with Crippen LogP contribution in [-0.4, -0.2) is 46.4 Å². The van der Waals surface area contributed by atoms with Gasteiger partial charge in [-0.2, -0.15) is 0 Å². The Bertz CT molecular complexity index is 716. The molecule has 3 N–H and O–H groups in total. The number of nitrogen functional groups attached to an aromatic ring is 1. The van der Waals surface area contributed by atoms with E-state index in [-0.39, 0.29) is 41.0 Å². The summed E-state index contributed by atoms with van der Waals surface area (Å²) in [7, 11) is 0. The molecule has 0 bridgehead atoms. The van der Waals surface area contributed by atoms with Gasteiger partial charge in [0.1, 0.15) is 0 Å². The van der Waals surface area contributed by atoms with Crippen LogP contribution in [0.15, 0.2) is 42.5 Å². The Morgan fingerprint density at radius 1 is 1.17 bits per heavy atom. The number of nitrogens with two attached hydrogens (primary N) is 1. The molecule has 0 aliphatic rings. The first-order valence-corrected chi connectivity index (χ1v) is 7.25. The van der Waals surface area contributed by atoms with E-state index in [9.17, 15) is 14.7 Å². The van der Waals surface area contributed by atoms with E-state index in [0.717, 1.165) is 0 Å². The van der Waals surface area contributed by atoms with Crippen molar-refractivity contribution in [2.75, 3.05) is 5.73 Å². The van der Waals surface area contributed by atoms with Crippen LogP contribution in [0, 0.1) is 0 Å². The molecule has 0 heterocycles. The molecule has 0 radical (unpaired) electrons. The first-order chi connectivity index (χ1) is 10.5. The molecule has 0 aromatic heterocycles. The third kappa shape index (κ3) is 4.36. The Kier molecular flexibility index (Phi) is 7.29. The van der Waals surface area contributed by atoms with E-state index < -0.39 is 11.9 Å². The van der Waals surface area contributed by atoms with E-state index in [0.29, 0.717) is 28.1 Å². The van der Waals surface area contributed by atoms with Gasteiger partial charge < -0.3 is 10.8 Å². The summed E-state index contributed by atoms with van der Waals surface area (Å²) in [6, 6.07) is 11.4. The van der Waals surface area contributed by atoms with Crippen LogP contribution in [0.3, 0.4) is 0 Å². The van der Waals surface area contributed by atoms with Crippen molar-refractivity contribution in [1.29, 1.82) is 0 Å². The second-order valence-corrected chi connectivity index (χ2v) is 5.38. The molecule has 116 valence electrons. The number of ketones is 1. The van der Waals surface area contributed by atoms with Crippen molar-refractivity contribution >= 4 is 58.6 Å². The zero-order valence-corrected chi connectivity index (χ0v) is 12.8. The van der Waals surface area contributed by atoms with E-state index in [2.05, 4.69) is 0 Å². The summed E-state index contributed by atoms with van der Waals surface area (Å²) in [6.45, 7) is 1.77. The zero-order chi connectivity index (χ0) is 16.3. The van der Waals surface area contributed by atoms with Crippen LogP contribution in [0.2, 0.25) is 5.02 Å². The van der Waals surface area contributed by atoms with Crippen molar-refractivity contribution in [2.45, 2.75) is 19.3 Å². The van der Waals surface area contributed by atoms with Gasteiger partial charge in [0, 0.05) is 21.8 Å². The molecule has 0 saturated heterocycles. The van der Waals surface area contributed by atoms with Crippen LogP contribution in [0.5, 0.6) is 0 Å². The van der Waals surface area contributed by atoms with E-state index in [1.165, 1.54) is 0 Å². The summed E-state index contributed by atoms with van der Waals surface area (Å²) in [4.78, 5) is 23.9. The number of para-hydroxylation sites is 1. The third-order valence-electron chi connectivity index (χ3n) is 3.57. The summed E-state index contributed by atoms with van der Waals surface area (Å²) >= 11 is 5.81. The first-order valence-electron chi connectivity index (χ1n) is 6.87. The summed E-state index contributed by atoms with van der Waals surface area (Å²) in [5.74, 6) is -1.93. The molecule has 0 amide bonds. The molecular formula is C17H17ClNNaO3. The van der Waals surface area contributed by atoms with Crippen molar-refractivity contribution < 1.29 is 14.7 Å². The average molecular weight is 342 g/mol. The maximum absolute atomic E-state index is 12.5. The molecule has 6 heteroatoms. The van der Waals surface area contributed by atoms with Gasteiger partial charge in [-0.25, -0.2) is 0 Å². The van der Waals surface area contributed by atoms with Crippen molar-refractivity contribution in [1.82, 2.24) is 0 Å². The number of benzene rings is 2. The molecular weight excluding hydrogens is 325 g/mol. The van der Waals surface area contributed by atoms with Crippen molar-refractivity contribution in [3.8, 4) is 0 Å². The quantitative estimate of drug-likeness (QED) is 0.497. The monoisotopic (exact) mass is 341 g/mol. The number of hydrogen-bond donors (Lipinski definition) is 2. The topological polar surface area (TPSA) is 80.4 Å². The minimum atomic E-state index is -0.953. The second kappa shape index (κ2) is 8.50. The molecule has 0 aliphatic carbocycles. The molecule has 2 rings (SSSR count). The van der Waals surface area contributed by atoms with Crippen LogP contribution >= 0.6 is 11.6 Å². The first kappa shape index (κ1) is 19.7. The average Bonchev–Trinajstić information content (AvgIpc) is 2.49. The molecule has 4 nitrogen and oxygen atoms in total. The zero-order valence-electron chi connectivity index (χ0n) is 12.0. The molecule has 2 aromatic carbocycles. The van der Waals surface area contributed by atoms with Gasteiger partial charge in [-0.3, -0.25) is 9.59 Å². The Balaban J connectivity index is 0.00000264. The Labute approximate surface area is 161 Å². The Morgan fingerprint density at radius 2 is 1.78 bits per heavy atom. The molecule has 2 aromatic rings. The third-order valence-corrected chi connectivity index (χ3v) is 3.82. The van der Waals surface area contributed by atoms with E-state index in [1.807, 2.05) is 0 Å². The SMILES string of the molecule is CCC(C(=O)O)c1cccc(C(=O)c2ccc(Cl)cc2)c1N.[NaH]. The number of hydrogen-bond acceptors (Lipinski definition) is 3. The van der Waals surface area contributed by atoms with Gasteiger partial charge in [-0.05, 0) is 42.3 Å². The summed E-state index contributed by atoms with van der Waals surface area (Å²) in [6.07, 6.45) is 0.401. The molecule has 0 saturated carbocycles. The summed E-state index contributed by atoms with van der Waals surface area (Å²) in [5, 5.41) is 9.81. The fourth-order valence-corrected chi connectivity index (χ4v) is 2.50. The van der Waals surface area contributed by atoms with Gasteiger partial charge in [0.2, 0.25) is 0 Å². The molecule has 0 fully saturated rings. The van der Waals surface area contributed by atoms with Crippen LogP contribution in [0.1, 0.15) is 40.7 Å². The number of rotatable bonds is 5. The Morgan fingerprint density at radius 3 is 2.30 bits per heavy atom. The fourth-order valence-electron chi connectivity index (χ4n) is 2.37. The molecule has 23 heavy (non-hydrogen) atoms. The minimum absolute atomic E-state index is 0. The molecule has 1 unspecified atom stereocenters. The van der Waals surface area contributed by atoms with Crippen LogP contribution < -0.4 is 5.73 Å². The number of carbonyl (C=O) groups excluding carboxylic acids is 1. The molecule has 0 spiro atoms. The number of aliphatic carboxylic acids is 1. The standard InChI is InChI=1S/C17H16ClNO3.Na.H/c1-2-12(17(21)22)13-4-3-5-14(15(13)19)16(20)10-6-8-11(18)9-7-10;;/h3-9,12H,2,19H2,1H3,(H,21,22);;.